The van der Waals surface area contributed by atoms with Crippen LogP contribution in [0.1, 0.15) is 59.3 Å². The summed E-state index contributed by atoms with van der Waals surface area (Å²) < 4.78 is 6.21. The summed E-state index contributed by atoms with van der Waals surface area (Å²) in [4.78, 5) is 12.9. The minimum Gasteiger partial charge on any atom is -0.344 e. The van der Waals surface area contributed by atoms with E-state index < -0.39 is 11.4 Å². The molecule has 0 radical (unpaired) electrons. The fourth-order valence-electron chi connectivity index (χ4n) is 2.59. The molecule has 1 unspecified atom stereocenters. The first kappa shape index (κ1) is 20.1. The van der Waals surface area contributed by atoms with Crippen LogP contribution in [0.15, 0.2) is 29.2 Å². The van der Waals surface area contributed by atoms with Gasteiger partial charge in [0, 0.05) is 28.5 Å². The monoisotopic (exact) mass is 372 g/mol. The number of thioether (sulfide) groups is 1. The van der Waals surface area contributed by atoms with E-state index in [2.05, 4.69) is 13.8 Å². The van der Waals surface area contributed by atoms with Gasteiger partial charge in [-0.05, 0) is 44.0 Å². The average molecular weight is 373 g/mol. The second kappa shape index (κ2) is 9.44. The van der Waals surface area contributed by atoms with Crippen molar-refractivity contribution in [2.75, 3.05) is 12.4 Å². The Morgan fingerprint density at radius 3 is 2.17 bits per heavy atom. The summed E-state index contributed by atoms with van der Waals surface area (Å²) in [5.41, 5.74) is -0.438. The van der Waals surface area contributed by atoms with Gasteiger partial charge in [0.05, 0.1) is 6.61 Å². The molecule has 1 aromatic rings. The van der Waals surface area contributed by atoms with Crippen LogP contribution >= 0.6 is 23.4 Å². The van der Waals surface area contributed by atoms with Gasteiger partial charge in [0.15, 0.2) is 0 Å². The first-order valence-corrected chi connectivity index (χ1v) is 10.3. The molecule has 0 N–H and O–H groups in total. The molecule has 3 nitrogen and oxygen atoms in total. The predicted molar refractivity (Wildman–Crippen MR) is 100 cm³/mol. The molecule has 0 amide bonds. The Morgan fingerprint density at radius 2 is 1.67 bits per heavy atom. The minimum absolute atomic E-state index is 0.438. The molecule has 1 aromatic carbocycles. The number of hydrogen-bond donors (Lipinski definition) is 0. The Bertz CT molecular complexity index is 474. The first-order chi connectivity index (χ1) is 11.5. The normalized spacial score (nSPS) is 23.3. The third kappa shape index (κ3) is 5.92. The fourth-order valence-corrected chi connectivity index (χ4v) is 3.64. The van der Waals surface area contributed by atoms with Crippen LogP contribution in [0.4, 0.5) is 0 Å². The van der Waals surface area contributed by atoms with Gasteiger partial charge in [0.1, 0.15) is 5.60 Å². The molecule has 1 heterocycles. The van der Waals surface area contributed by atoms with Crippen LogP contribution in [0.25, 0.3) is 0 Å². The zero-order valence-electron chi connectivity index (χ0n) is 15.0. The third-order valence-electron chi connectivity index (χ3n) is 4.22. The molecular formula is C19H29ClO3S. The van der Waals surface area contributed by atoms with Crippen LogP contribution in [0.3, 0.4) is 0 Å². The largest absolute Gasteiger partial charge is 0.344 e. The van der Waals surface area contributed by atoms with Gasteiger partial charge in [-0.1, -0.05) is 38.3 Å². The summed E-state index contributed by atoms with van der Waals surface area (Å²) in [6.07, 6.45) is 6.22. The Kier molecular flexibility index (Phi) is 7.89. The van der Waals surface area contributed by atoms with E-state index in [-0.39, 0.29) is 0 Å². The molecule has 0 aliphatic carbocycles. The van der Waals surface area contributed by atoms with Gasteiger partial charge < -0.3 is 4.74 Å². The second-order valence-electron chi connectivity index (χ2n) is 6.77. The van der Waals surface area contributed by atoms with Crippen LogP contribution in [0.2, 0.25) is 5.02 Å². The Hall–Kier alpha value is -0.260. The standard InChI is InChI=1S/C19H29ClO3S/c1-4-6-12-19(13-7-5-2)21-14-18(3,22-23-19)15-24-17-10-8-16(20)9-11-17/h8-11H,4-7,12-15H2,1-3H3. The first-order valence-electron chi connectivity index (χ1n) is 8.90. The molecule has 0 saturated carbocycles. The highest BCUT2D eigenvalue weighted by Crippen LogP contribution is 2.37. The molecule has 0 aromatic heterocycles. The van der Waals surface area contributed by atoms with E-state index in [0.29, 0.717) is 6.61 Å². The number of benzene rings is 1. The van der Waals surface area contributed by atoms with Crippen molar-refractivity contribution in [1.82, 2.24) is 0 Å². The lowest BCUT2D eigenvalue weighted by Gasteiger charge is -2.43. The smallest absolute Gasteiger partial charge is 0.201 e. The highest BCUT2D eigenvalue weighted by molar-refractivity contribution is 7.99. The molecule has 1 fully saturated rings. The van der Waals surface area contributed by atoms with Gasteiger partial charge in [-0.15, -0.1) is 11.8 Å². The number of hydrogen-bond acceptors (Lipinski definition) is 4. The van der Waals surface area contributed by atoms with Gasteiger partial charge in [-0.25, -0.2) is 9.78 Å². The SMILES string of the molecule is CCCCC1(CCCC)OCC(C)(CSc2ccc(Cl)cc2)OO1. The van der Waals surface area contributed by atoms with E-state index in [0.717, 1.165) is 54.2 Å². The second-order valence-corrected chi connectivity index (χ2v) is 8.25. The Labute approximate surface area is 155 Å². The highest BCUT2D eigenvalue weighted by Gasteiger charge is 2.43. The summed E-state index contributed by atoms with van der Waals surface area (Å²) in [5.74, 6) is 0.211. The van der Waals surface area contributed by atoms with Gasteiger partial charge in [-0.3, -0.25) is 0 Å². The molecule has 24 heavy (non-hydrogen) atoms. The lowest BCUT2D eigenvalue weighted by molar-refractivity contribution is -0.508. The van der Waals surface area contributed by atoms with Crippen LogP contribution in [0, 0.1) is 0 Å². The van der Waals surface area contributed by atoms with Gasteiger partial charge >= 0.3 is 0 Å². The van der Waals surface area contributed by atoms with Crippen LogP contribution in [0.5, 0.6) is 0 Å². The van der Waals surface area contributed by atoms with Crippen molar-refractivity contribution in [1.29, 1.82) is 0 Å². The summed E-state index contributed by atoms with van der Waals surface area (Å²) in [7, 11) is 0. The van der Waals surface area contributed by atoms with Crippen LogP contribution in [-0.4, -0.2) is 23.7 Å². The van der Waals surface area contributed by atoms with Crippen LogP contribution < -0.4 is 0 Å². The van der Waals surface area contributed by atoms with E-state index in [9.17, 15) is 0 Å². The molecule has 136 valence electrons. The van der Waals surface area contributed by atoms with Crippen molar-refractivity contribution in [2.45, 2.75) is 75.6 Å². The van der Waals surface area contributed by atoms with Crippen molar-refractivity contribution in [2.24, 2.45) is 0 Å². The summed E-state index contributed by atoms with van der Waals surface area (Å²) in [5, 5.41) is 0.753. The topological polar surface area (TPSA) is 27.7 Å². The van der Waals surface area contributed by atoms with Gasteiger partial charge in [0.25, 0.3) is 0 Å². The summed E-state index contributed by atoms with van der Waals surface area (Å²) in [6.45, 7) is 6.97. The highest BCUT2D eigenvalue weighted by atomic mass is 35.5. The van der Waals surface area contributed by atoms with E-state index in [1.807, 2.05) is 31.2 Å². The molecule has 0 spiro atoms. The number of rotatable bonds is 9. The maximum atomic E-state index is 6.21. The van der Waals surface area contributed by atoms with Crippen molar-refractivity contribution in [3.8, 4) is 0 Å². The molecule has 5 heteroatoms. The van der Waals surface area contributed by atoms with Crippen molar-refractivity contribution in [3.05, 3.63) is 29.3 Å². The van der Waals surface area contributed by atoms with Crippen molar-refractivity contribution >= 4 is 23.4 Å². The number of halogens is 1. The maximum Gasteiger partial charge on any atom is 0.201 e. The number of unbranched alkanes of at least 4 members (excludes halogenated alkanes) is 2. The van der Waals surface area contributed by atoms with Gasteiger partial charge in [0.2, 0.25) is 5.79 Å². The van der Waals surface area contributed by atoms with E-state index in [4.69, 9.17) is 26.1 Å². The maximum absolute atomic E-state index is 6.21. The van der Waals surface area contributed by atoms with Crippen molar-refractivity contribution in [3.63, 3.8) is 0 Å². The van der Waals surface area contributed by atoms with E-state index >= 15 is 0 Å². The predicted octanol–water partition coefficient (Wildman–Crippen LogP) is 6.25. The molecule has 1 aliphatic rings. The van der Waals surface area contributed by atoms with E-state index in [1.54, 1.807) is 11.8 Å². The molecule has 1 atom stereocenters. The third-order valence-corrected chi connectivity index (χ3v) is 5.83. The Morgan fingerprint density at radius 1 is 1.04 bits per heavy atom. The van der Waals surface area contributed by atoms with Crippen LogP contribution in [-0.2, 0) is 14.5 Å². The summed E-state index contributed by atoms with van der Waals surface area (Å²) >= 11 is 7.66. The lowest BCUT2D eigenvalue weighted by atomic mass is 10.0. The summed E-state index contributed by atoms with van der Waals surface area (Å²) in [6, 6.07) is 7.85. The molecular weight excluding hydrogens is 344 g/mol. The number of ether oxygens (including phenoxy) is 1. The zero-order valence-corrected chi connectivity index (χ0v) is 16.5. The lowest BCUT2D eigenvalue weighted by Crippen LogP contribution is -2.52. The average Bonchev–Trinajstić information content (AvgIpc) is 2.60. The minimum atomic E-state index is -0.559. The molecule has 2 rings (SSSR count). The molecule has 1 aliphatic heterocycles. The van der Waals surface area contributed by atoms with Crippen molar-refractivity contribution < 1.29 is 14.5 Å². The molecule has 0 bridgehead atoms. The Balaban J connectivity index is 1.88. The fraction of sp³-hybridized carbons (Fsp3) is 0.684. The zero-order chi connectivity index (χ0) is 17.5. The van der Waals surface area contributed by atoms with E-state index in [1.165, 1.54) is 0 Å². The quantitative estimate of drug-likeness (QED) is 0.378. The molecule has 1 saturated heterocycles. The van der Waals surface area contributed by atoms with Gasteiger partial charge in [-0.2, -0.15) is 0 Å².